The maximum atomic E-state index is 6.12. The fourth-order valence-electron chi connectivity index (χ4n) is 8.67. The zero-order chi connectivity index (χ0) is 39.8. The first kappa shape index (κ1) is 35.2. The molecule has 2 nitrogen and oxygen atoms in total. The van der Waals surface area contributed by atoms with Gasteiger partial charge in [0.05, 0.1) is 5.69 Å². The van der Waals surface area contributed by atoms with E-state index in [-0.39, 0.29) is 0 Å². The zero-order valence-electron chi connectivity index (χ0n) is 32.9. The molecule has 0 saturated heterocycles. The summed E-state index contributed by atoms with van der Waals surface area (Å²) in [6.45, 7) is 0. The molecule has 0 bridgehead atoms. The van der Waals surface area contributed by atoms with Gasteiger partial charge in [0.1, 0.15) is 11.2 Å². The van der Waals surface area contributed by atoms with Crippen LogP contribution in [0.3, 0.4) is 0 Å². The number of furan rings is 1. The highest BCUT2D eigenvalue weighted by molar-refractivity contribution is 6.07. The molecular weight excluding hydrogens is 727 g/mol. The van der Waals surface area contributed by atoms with Crippen molar-refractivity contribution < 1.29 is 4.42 Å². The van der Waals surface area contributed by atoms with Crippen molar-refractivity contribution in [1.82, 2.24) is 0 Å². The molecule has 0 fully saturated rings. The van der Waals surface area contributed by atoms with Gasteiger partial charge in [-0.15, -0.1) is 0 Å². The second-order valence-electron chi connectivity index (χ2n) is 15.3. The summed E-state index contributed by atoms with van der Waals surface area (Å²) in [6.07, 6.45) is 0. The minimum Gasteiger partial charge on any atom is -0.456 e. The van der Waals surface area contributed by atoms with Crippen LogP contribution in [-0.4, -0.2) is 0 Å². The number of nitrogens with zero attached hydrogens (tertiary/aromatic N) is 1. The van der Waals surface area contributed by atoms with E-state index < -0.39 is 0 Å². The van der Waals surface area contributed by atoms with Gasteiger partial charge in [-0.05, 0) is 122 Å². The molecule has 2 heteroatoms. The number of hydrogen-bond acceptors (Lipinski definition) is 2. The third-order valence-electron chi connectivity index (χ3n) is 11.7. The SMILES string of the molecule is c1ccc(-c2cccc(-c3ccc(N(c4ccc(-c5cccc(-c6ccc7oc8ccccc8c7c6)c5)cc4)c4ccc(-c5ccccc5)c5ccccc45)cc3)c2)cc1. The van der Waals surface area contributed by atoms with Gasteiger partial charge in [0.15, 0.2) is 0 Å². The molecule has 10 aromatic carbocycles. The molecule has 0 atom stereocenters. The standard InChI is InChI=1S/C58H39NO/c1-3-13-40(14-4-1)44-17-11-18-45(37-44)41-25-30-49(31-26-41)59(56-35-34-51(43-15-5-2-6-16-43)52-21-7-8-22-53(52)56)50-32-27-42(28-33-50)46-19-12-20-47(38-46)48-29-36-58-55(39-48)54-23-9-10-24-57(54)60-58/h1-39H. The van der Waals surface area contributed by atoms with Gasteiger partial charge in [0.25, 0.3) is 0 Å². The molecule has 0 aliphatic carbocycles. The Morgan fingerprint density at radius 1 is 0.250 bits per heavy atom. The quantitative estimate of drug-likeness (QED) is 0.153. The Hall–Kier alpha value is -7.94. The van der Waals surface area contributed by atoms with Crippen LogP contribution < -0.4 is 4.90 Å². The minimum absolute atomic E-state index is 0.908. The van der Waals surface area contributed by atoms with Crippen LogP contribution in [0.5, 0.6) is 0 Å². The molecule has 11 rings (SSSR count). The Balaban J connectivity index is 0.984. The van der Waals surface area contributed by atoms with E-state index in [0.29, 0.717) is 0 Å². The third-order valence-corrected chi connectivity index (χ3v) is 11.7. The number of anilines is 3. The molecule has 60 heavy (non-hydrogen) atoms. The molecule has 0 radical (unpaired) electrons. The molecule has 0 N–H and O–H groups in total. The Morgan fingerprint density at radius 3 is 1.30 bits per heavy atom. The summed E-state index contributed by atoms with van der Waals surface area (Å²) < 4.78 is 6.12. The Bertz CT molecular complexity index is 3290. The fourth-order valence-corrected chi connectivity index (χ4v) is 8.67. The number of para-hydroxylation sites is 1. The van der Waals surface area contributed by atoms with Crippen molar-refractivity contribution in [3.8, 4) is 55.6 Å². The Labute approximate surface area is 349 Å². The third kappa shape index (κ3) is 6.51. The lowest BCUT2D eigenvalue weighted by molar-refractivity contribution is 0.669. The monoisotopic (exact) mass is 765 g/mol. The Kier molecular flexibility index (Phi) is 8.87. The van der Waals surface area contributed by atoms with E-state index in [4.69, 9.17) is 4.42 Å². The van der Waals surface area contributed by atoms with Crippen LogP contribution in [-0.2, 0) is 0 Å². The average molecular weight is 766 g/mol. The number of fused-ring (bicyclic) bond motifs is 4. The molecule has 1 aromatic heterocycles. The van der Waals surface area contributed by atoms with Gasteiger partial charge in [0.2, 0.25) is 0 Å². The first-order valence-corrected chi connectivity index (χ1v) is 20.5. The van der Waals surface area contributed by atoms with E-state index in [2.05, 4.69) is 229 Å². The molecule has 0 spiro atoms. The highest BCUT2D eigenvalue weighted by Crippen LogP contribution is 2.43. The van der Waals surface area contributed by atoms with Crippen molar-refractivity contribution >= 4 is 49.8 Å². The molecule has 0 aliphatic rings. The summed E-state index contributed by atoms with van der Waals surface area (Å²) in [5.41, 5.74) is 17.0. The van der Waals surface area contributed by atoms with Crippen molar-refractivity contribution in [2.24, 2.45) is 0 Å². The van der Waals surface area contributed by atoms with Gasteiger partial charge in [-0.25, -0.2) is 0 Å². The second-order valence-corrected chi connectivity index (χ2v) is 15.3. The van der Waals surface area contributed by atoms with E-state index in [0.717, 1.165) is 44.6 Å². The fraction of sp³-hybridized carbons (Fsp3) is 0. The molecular formula is C58H39NO. The molecule has 0 saturated carbocycles. The predicted molar refractivity (Wildman–Crippen MR) is 253 cm³/mol. The lowest BCUT2D eigenvalue weighted by Crippen LogP contribution is -2.10. The number of rotatable bonds is 8. The van der Waals surface area contributed by atoms with Gasteiger partial charge >= 0.3 is 0 Å². The van der Waals surface area contributed by atoms with Crippen molar-refractivity contribution in [3.05, 3.63) is 237 Å². The summed E-state index contributed by atoms with van der Waals surface area (Å²) in [6, 6.07) is 85.0. The van der Waals surface area contributed by atoms with Gasteiger partial charge in [0, 0.05) is 27.5 Å². The average Bonchev–Trinajstić information content (AvgIpc) is 3.71. The van der Waals surface area contributed by atoms with Gasteiger partial charge < -0.3 is 9.32 Å². The largest absolute Gasteiger partial charge is 0.456 e. The maximum Gasteiger partial charge on any atom is 0.135 e. The summed E-state index contributed by atoms with van der Waals surface area (Å²) in [5, 5.41) is 4.68. The summed E-state index contributed by atoms with van der Waals surface area (Å²) in [5.74, 6) is 0. The van der Waals surface area contributed by atoms with Crippen LogP contribution in [0.4, 0.5) is 17.1 Å². The van der Waals surface area contributed by atoms with Crippen molar-refractivity contribution in [1.29, 1.82) is 0 Å². The van der Waals surface area contributed by atoms with E-state index in [1.807, 2.05) is 12.1 Å². The summed E-state index contributed by atoms with van der Waals surface area (Å²) in [4.78, 5) is 2.39. The highest BCUT2D eigenvalue weighted by Gasteiger charge is 2.18. The first-order valence-electron chi connectivity index (χ1n) is 20.5. The van der Waals surface area contributed by atoms with Crippen LogP contribution in [0, 0.1) is 0 Å². The maximum absolute atomic E-state index is 6.12. The van der Waals surface area contributed by atoms with E-state index >= 15 is 0 Å². The molecule has 0 amide bonds. The normalized spacial score (nSPS) is 11.3. The van der Waals surface area contributed by atoms with Crippen molar-refractivity contribution in [2.75, 3.05) is 4.90 Å². The zero-order valence-corrected chi connectivity index (χ0v) is 32.9. The topological polar surface area (TPSA) is 16.4 Å². The van der Waals surface area contributed by atoms with Crippen LogP contribution in [0.1, 0.15) is 0 Å². The lowest BCUT2D eigenvalue weighted by Gasteiger charge is -2.28. The first-order chi connectivity index (χ1) is 29.7. The van der Waals surface area contributed by atoms with Gasteiger partial charge in [-0.1, -0.05) is 176 Å². The molecule has 0 aliphatic heterocycles. The van der Waals surface area contributed by atoms with Crippen LogP contribution in [0.2, 0.25) is 0 Å². The van der Waals surface area contributed by atoms with E-state index in [1.165, 1.54) is 60.8 Å². The van der Waals surface area contributed by atoms with Gasteiger partial charge in [-0.2, -0.15) is 0 Å². The molecule has 1 heterocycles. The van der Waals surface area contributed by atoms with E-state index in [9.17, 15) is 0 Å². The number of hydrogen-bond donors (Lipinski definition) is 0. The van der Waals surface area contributed by atoms with Crippen LogP contribution >= 0.6 is 0 Å². The smallest absolute Gasteiger partial charge is 0.135 e. The predicted octanol–water partition coefficient (Wildman–Crippen LogP) is 16.5. The Morgan fingerprint density at radius 2 is 0.683 bits per heavy atom. The number of benzene rings is 10. The molecule has 11 aromatic rings. The van der Waals surface area contributed by atoms with Crippen LogP contribution in [0.25, 0.3) is 88.3 Å². The summed E-state index contributed by atoms with van der Waals surface area (Å²) >= 11 is 0. The van der Waals surface area contributed by atoms with Crippen molar-refractivity contribution in [2.45, 2.75) is 0 Å². The van der Waals surface area contributed by atoms with Gasteiger partial charge in [-0.3, -0.25) is 0 Å². The lowest BCUT2D eigenvalue weighted by atomic mass is 9.95. The van der Waals surface area contributed by atoms with Crippen LogP contribution in [0.15, 0.2) is 241 Å². The highest BCUT2D eigenvalue weighted by atomic mass is 16.3. The second kappa shape index (κ2) is 15.1. The van der Waals surface area contributed by atoms with E-state index in [1.54, 1.807) is 0 Å². The minimum atomic E-state index is 0.908. The molecule has 282 valence electrons. The summed E-state index contributed by atoms with van der Waals surface area (Å²) in [7, 11) is 0. The molecule has 0 unspecified atom stereocenters. The van der Waals surface area contributed by atoms with Crippen molar-refractivity contribution in [3.63, 3.8) is 0 Å².